The molecule has 0 radical (unpaired) electrons. The molecule has 0 aliphatic rings. The van der Waals surface area contributed by atoms with Crippen molar-refractivity contribution in [2.75, 3.05) is 13.7 Å². The maximum atomic E-state index is 12.3. The van der Waals surface area contributed by atoms with E-state index in [1.54, 1.807) is 37.4 Å². The minimum atomic E-state index is -0.303. The van der Waals surface area contributed by atoms with Crippen molar-refractivity contribution in [3.8, 4) is 0 Å². The summed E-state index contributed by atoms with van der Waals surface area (Å²) in [7, 11) is 1.58. The first kappa shape index (κ1) is 16.3. The van der Waals surface area contributed by atoms with Crippen molar-refractivity contribution in [3.63, 3.8) is 0 Å². The first-order chi connectivity index (χ1) is 11.6. The summed E-state index contributed by atoms with van der Waals surface area (Å²) in [4.78, 5) is 28.9. The monoisotopic (exact) mass is 345 g/mol. The average molecular weight is 346 g/mol. The number of halogens is 1. The standard InChI is InChI=1S/C17H16ClN3O3/c1-24-15(10-3-2-4-12(18)7-10)9-19-16(22)11-5-6-13-14(8-11)21-17(23)20-13/h2-8,15H,9H2,1H3,(H,19,22)(H2,20,21,23). The summed E-state index contributed by atoms with van der Waals surface area (Å²) in [6.45, 7) is 0.303. The Morgan fingerprint density at radius 1 is 1.21 bits per heavy atom. The molecule has 1 unspecified atom stereocenters. The first-order valence-corrected chi connectivity index (χ1v) is 7.73. The molecule has 3 N–H and O–H groups in total. The van der Waals surface area contributed by atoms with Crippen LogP contribution in [0.1, 0.15) is 22.0 Å². The molecule has 6 nitrogen and oxygen atoms in total. The predicted octanol–water partition coefficient (Wildman–Crippen LogP) is 2.63. The molecule has 2 aromatic carbocycles. The molecule has 7 heteroatoms. The fraction of sp³-hybridized carbons (Fsp3) is 0.176. The quantitative estimate of drug-likeness (QED) is 0.664. The van der Waals surface area contributed by atoms with Gasteiger partial charge in [-0.15, -0.1) is 0 Å². The van der Waals surface area contributed by atoms with E-state index in [9.17, 15) is 9.59 Å². The molecule has 0 aliphatic heterocycles. The topological polar surface area (TPSA) is 87.0 Å². The number of H-pyrrole nitrogens is 2. The van der Waals surface area contributed by atoms with Crippen LogP contribution in [0, 0.1) is 0 Å². The molecule has 0 spiro atoms. The SMILES string of the molecule is COC(CNC(=O)c1ccc2[nH]c(=O)[nH]c2c1)c1cccc(Cl)c1. The summed E-state index contributed by atoms with van der Waals surface area (Å²) in [5, 5.41) is 3.44. The van der Waals surface area contributed by atoms with E-state index in [0.717, 1.165) is 5.56 Å². The molecule has 0 fully saturated rings. The highest BCUT2D eigenvalue weighted by atomic mass is 35.5. The van der Waals surface area contributed by atoms with Gasteiger partial charge in [0.15, 0.2) is 0 Å². The summed E-state index contributed by atoms with van der Waals surface area (Å²) in [5.74, 6) is -0.247. The molecular formula is C17H16ClN3O3. The molecule has 3 aromatic rings. The molecule has 24 heavy (non-hydrogen) atoms. The van der Waals surface area contributed by atoms with Crippen LogP contribution in [0.4, 0.5) is 0 Å². The fourth-order valence-corrected chi connectivity index (χ4v) is 2.70. The smallest absolute Gasteiger partial charge is 0.323 e. The molecule has 0 saturated carbocycles. The van der Waals surface area contributed by atoms with Crippen LogP contribution in [-0.2, 0) is 4.74 Å². The van der Waals surface area contributed by atoms with Gasteiger partial charge in [-0.25, -0.2) is 4.79 Å². The number of nitrogens with one attached hydrogen (secondary N) is 3. The van der Waals surface area contributed by atoms with Crippen LogP contribution in [0.2, 0.25) is 5.02 Å². The summed E-state index contributed by atoms with van der Waals surface area (Å²) in [6.07, 6.45) is -0.302. The van der Waals surface area contributed by atoms with E-state index in [1.165, 1.54) is 0 Å². The molecule has 124 valence electrons. The minimum Gasteiger partial charge on any atom is -0.375 e. The number of aromatic amines is 2. The van der Waals surface area contributed by atoms with Crippen LogP contribution < -0.4 is 11.0 Å². The lowest BCUT2D eigenvalue weighted by atomic mass is 10.1. The van der Waals surface area contributed by atoms with Crippen molar-refractivity contribution < 1.29 is 9.53 Å². The number of hydrogen-bond acceptors (Lipinski definition) is 3. The maximum absolute atomic E-state index is 12.3. The largest absolute Gasteiger partial charge is 0.375 e. The van der Waals surface area contributed by atoms with E-state index in [2.05, 4.69) is 15.3 Å². The Morgan fingerprint density at radius 2 is 2.00 bits per heavy atom. The van der Waals surface area contributed by atoms with Crippen molar-refractivity contribution in [3.05, 3.63) is 69.1 Å². The van der Waals surface area contributed by atoms with E-state index in [1.807, 2.05) is 12.1 Å². The van der Waals surface area contributed by atoms with Gasteiger partial charge < -0.3 is 20.0 Å². The summed E-state index contributed by atoms with van der Waals surface area (Å²) >= 11 is 5.99. The molecule has 1 atom stereocenters. The number of imidazole rings is 1. The van der Waals surface area contributed by atoms with Crippen molar-refractivity contribution >= 4 is 28.5 Å². The van der Waals surface area contributed by atoms with Crippen LogP contribution in [-0.4, -0.2) is 29.5 Å². The van der Waals surface area contributed by atoms with Crippen LogP contribution >= 0.6 is 11.6 Å². The van der Waals surface area contributed by atoms with Gasteiger partial charge in [0.05, 0.1) is 17.1 Å². The highest BCUT2D eigenvalue weighted by molar-refractivity contribution is 6.30. The molecular weight excluding hydrogens is 330 g/mol. The second-order valence-electron chi connectivity index (χ2n) is 5.33. The van der Waals surface area contributed by atoms with Crippen molar-refractivity contribution in [2.24, 2.45) is 0 Å². The highest BCUT2D eigenvalue weighted by Gasteiger charge is 2.14. The first-order valence-electron chi connectivity index (χ1n) is 7.35. The average Bonchev–Trinajstić information content (AvgIpc) is 2.94. The molecule has 1 aromatic heterocycles. The third-order valence-corrected chi connectivity index (χ3v) is 3.97. The second-order valence-corrected chi connectivity index (χ2v) is 5.77. The number of benzene rings is 2. The predicted molar refractivity (Wildman–Crippen MR) is 92.5 cm³/mol. The zero-order valence-corrected chi connectivity index (χ0v) is 13.7. The molecule has 3 rings (SSSR count). The normalized spacial score (nSPS) is 12.2. The third kappa shape index (κ3) is 3.50. The van der Waals surface area contributed by atoms with Gasteiger partial charge in [0.1, 0.15) is 0 Å². The summed E-state index contributed by atoms with van der Waals surface area (Å²) in [6, 6.07) is 12.3. The number of amides is 1. The minimum absolute atomic E-state index is 0.247. The Balaban J connectivity index is 1.72. The van der Waals surface area contributed by atoms with Gasteiger partial charge in [-0.1, -0.05) is 23.7 Å². The number of hydrogen-bond donors (Lipinski definition) is 3. The molecule has 1 heterocycles. The van der Waals surface area contributed by atoms with E-state index in [0.29, 0.717) is 28.2 Å². The molecule has 0 aliphatic carbocycles. The van der Waals surface area contributed by atoms with E-state index < -0.39 is 0 Å². The van der Waals surface area contributed by atoms with E-state index in [4.69, 9.17) is 16.3 Å². The zero-order valence-electron chi connectivity index (χ0n) is 12.9. The summed E-state index contributed by atoms with van der Waals surface area (Å²) in [5.41, 5.74) is 2.29. The van der Waals surface area contributed by atoms with E-state index in [-0.39, 0.29) is 17.7 Å². The van der Waals surface area contributed by atoms with Gasteiger partial charge in [-0.3, -0.25) is 4.79 Å². The highest BCUT2D eigenvalue weighted by Crippen LogP contribution is 2.20. The Bertz CT molecular complexity index is 932. The van der Waals surface area contributed by atoms with Crippen molar-refractivity contribution in [1.82, 2.24) is 15.3 Å². The third-order valence-electron chi connectivity index (χ3n) is 3.73. The van der Waals surface area contributed by atoms with Crippen LogP contribution in [0.3, 0.4) is 0 Å². The lowest BCUT2D eigenvalue weighted by molar-refractivity contribution is 0.0828. The van der Waals surface area contributed by atoms with E-state index >= 15 is 0 Å². The van der Waals surface area contributed by atoms with Gasteiger partial charge in [0, 0.05) is 24.2 Å². The van der Waals surface area contributed by atoms with Crippen LogP contribution in [0.15, 0.2) is 47.3 Å². The van der Waals surface area contributed by atoms with Gasteiger partial charge in [0.25, 0.3) is 5.91 Å². The van der Waals surface area contributed by atoms with Crippen molar-refractivity contribution in [1.29, 1.82) is 0 Å². The van der Waals surface area contributed by atoms with Crippen LogP contribution in [0.25, 0.3) is 11.0 Å². The van der Waals surface area contributed by atoms with Gasteiger partial charge in [-0.05, 0) is 35.9 Å². The zero-order chi connectivity index (χ0) is 17.1. The fourth-order valence-electron chi connectivity index (χ4n) is 2.51. The van der Waals surface area contributed by atoms with Gasteiger partial charge in [0.2, 0.25) is 0 Å². The Morgan fingerprint density at radius 3 is 2.75 bits per heavy atom. The molecule has 0 saturated heterocycles. The number of aromatic nitrogens is 2. The van der Waals surface area contributed by atoms with Crippen LogP contribution in [0.5, 0.6) is 0 Å². The number of rotatable bonds is 5. The van der Waals surface area contributed by atoms with Gasteiger partial charge >= 0.3 is 5.69 Å². The lowest BCUT2D eigenvalue weighted by Gasteiger charge is -2.17. The van der Waals surface area contributed by atoms with Gasteiger partial charge in [-0.2, -0.15) is 0 Å². The Kier molecular flexibility index (Phi) is 4.69. The lowest BCUT2D eigenvalue weighted by Crippen LogP contribution is -2.29. The number of ether oxygens (including phenoxy) is 1. The maximum Gasteiger partial charge on any atom is 0.323 e. The number of carbonyl (C=O) groups excluding carboxylic acids is 1. The number of fused-ring (bicyclic) bond motifs is 1. The van der Waals surface area contributed by atoms with Crippen molar-refractivity contribution in [2.45, 2.75) is 6.10 Å². The number of methoxy groups -OCH3 is 1. The number of carbonyl (C=O) groups is 1. The second kappa shape index (κ2) is 6.90. The molecule has 1 amide bonds. The molecule has 0 bridgehead atoms. The summed E-state index contributed by atoms with van der Waals surface area (Å²) < 4.78 is 5.43. The Hall–Kier alpha value is -2.57. The Labute approximate surface area is 142 Å².